The number of benzene rings is 3. The number of hydrogen-bond acceptors (Lipinski definition) is 4. The maximum atomic E-state index is 13.4. The van der Waals surface area contributed by atoms with E-state index in [-0.39, 0.29) is 22.3 Å². The van der Waals surface area contributed by atoms with Crippen LogP contribution in [0.1, 0.15) is 34.3 Å². The molecule has 3 aromatic rings. The van der Waals surface area contributed by atoms with E-state index in [1.165, 1.54) is 29.6 Å². The van der Waals surface area contributed by atoms with Gasteiger partial charge < -0.3 is 10.1 Å². The van der Waals surface area contributed by atoms with E-state index in [9.17, 15) is 13.2 Å². The fraction of sp³-hybridized carbons (Fsp3) is 0.240. The van der Waals surface area contributed by atoms with Gasteiger partial charge in [-0.3, -0.25) is 9.10 Å². The monoisotopic (exact) mass is 450 g/mol. The number of nitrogens with one attached hydrogen (secondary N) is 1. The van der Waals surface area contributed by atoms with E-state index in [0.29, 0.717) is 30.9 Å². The van der Waals surface area contributed by atoms with Crippen molar-refractivity contribution in [3.05, 3.63) is 89.5 Å². The zero-order valence-electron chi connectivity index (χ0n) is 18.1. The third-order valence-electron chi connectivity index (χ3n) is 5.79. The van der Waals surface area contributed by atoms with Crippen molar-refractivity contribution in [3.8, 4) is 5.75 Å². The molecule has 1 N–H and O–H groups in total. The maximum absolute atomic E-state index is 13.4. The highest BCUT2D eigenvalue weighted by molar-refractivity contribution is 7.92. The summed E-state index contributed by atoms with van der Waals surface area (Å²) in [5.74, 6) is 0.0679. The predicted molar refractivity (Wildman–Crippen MR) is 125 cm³/mol. The highest BCUT2D eigenvalue weighted by Gasteiger charge is 2.31. The molecule has 32 heavy (non-hydrogen) atoms. The number of ether oxygens (including phenoxy) is 1. The van der Waals surface area contributed by atoms with Crippen molar-refractivity contribution in [2.75, 3.05) is 24.5 Å². The van der Waals surface area contributed by atoms with Crippen LogP contribution in [0.2, 0.25) is 0 Å². The standard InChI is InChI=1S/C25H26N2O4S/c1-18(19-8-4-3-5-9-19)17-26-25(28)22-16-21(12-13-24(22)31-2)32(29,30)27-15-14-20-10-6-7-11-23(20)27/h3-13,16,18H,14-15,17H2,1-2H3,(H,26,28). The van der Waals surface area contributed by atoms with Gasteiger partial charge in [0.05, 0.1) is 23.3 Å². The van der Waals surface area contributed by atoms with Gasteiger partial charge >= 0.3 is 0 Å². The Morgan fingerprint density at radius 2 is 1.78 bits per heavy atom. The van der Waals surface area contributed by atoms with Crippen LogP contribution in [0.25, 0.3) is 0 Å². The number of anilines is 1. The topological polar surface area (TPSA) is 75.7 Å². The van der Waals surface area contributed by atoms with Crippen LogP contribution in [0.4, 0.5) is 5.69 Å². The second kappa shape index (κ2) is 9.04. The lowest BCUT2D eigenvalue weighted by Gasteiger charge is -2.20. The summed E-state index contributed by atoms with van der Waals surface area (Å²) in [6.45, 7) is 2.82. The number of fused-ring (bicyclic) bond motifs is 1. The van der Waals surface area contributed by atoms with E-state index in [1.54, 1.807) is 0 Å². The molecule has 0 fully saturated rings. The molecule has 1 heterocycles. The number of hydrogen-bond donors (Lipinski definition) is 1. The second-order valence-electron chi connectivity index (χ2n) is 7.84. The Bertz CT molecular complexity index is 1230. The van der Waals surface area contributed by atoms with Crippen molar-refractivity contribution in [1.82, 2.24) is 5.32 Å². The van der Waals surface area contributed by atoms with E-state index in [2.05, 4.69) is 5.32 Å². The summed E-state index contributed by atoms with van der Waals surface area (Å²) in [5, 5.41) is 2.91. The summed E-state index contributed by atoms with van der Waals surface area (Å²) in [4.78, 5) is 13.0. The fourth-order valence-electron chi connectivity index (χ4n) is 3.95. The average molecular weight is 451 g/mol. The predicted octanol–water partition coefficient (Wildman–Crippen LogP) is 3.98. The molecule has 0 aromatic heterocycles. The van der Waals surface area contributed by atoms with Gasteiger partial charge in [0.2, 0.25) is 0 Å². The van der Waals surface area contributed by atoms with Crippen molar-refractivity contribution in [3.63, 3.8) is 0 Å². The van der Waals surface area contributed by atoms with E-state index in [1.807, 2.05) is 61.5 Å². The first-order valence-electron chi connectivity index (χ1n) is 10.5. The molecule has 6 nitrogen and oxygen atoms in total. The van der Waals surface area contributed by atoms with Crippen molar-refractivity contribution in [1.29, 1.82) is 0 Å². The minimum Gasteiger partial charge on any atom is -0.496 e. The SMILES string of the molecule is COc1ccc(S(=O)(=O)N2CCc3ccccc32)cc1C(=O)NCC(C)c1ccccc1. The number of carbonyl (C=O) groups excluding carboxylic acids is 1. The summed E-state index contributed by atoms with van der Waals surface area (Å²) in [5.41, 5.74) is 2.99. The second-order valence-corrected chi connectivity index (χ2v) is 9.70. The highest BCUT2D eigenvalue weighted by atomic mass is 32.2. The molecule has 0 spiro atoms. The van der Waals surface area contributed by atoms with Crippen molar-refractivity contribution >= 4 is 21.6 Å². The zero-order chi connectivity index (χ0) is 22.7. The fourth-order valence-corrected chi connectivity index (χ4v) is 5.48. The van der Waals surface area contributed by atoms with Crippen LogP contribution in [0.15, 0.2) is 77.7 Å². The minimum atomic E-state index is -3.81. The van der Waals surface area contributed by atoms with E-state index < -0.39 is 10.0 Å². The number of sulfonamides is 1. The lowest BCUT2D eigenvalue weighted by molar-refractivity contribution is 0.0948. The lowest BCUT2D eigenvalue weighted by atomic mass is 10.0. The average Bonchev–Trinajstić information content (AvgIpc) is 3.27. The Morgan fingerprint density at radius 3 is 2.53 bits per heavy atom. The van der Waals surface area contributed by atoms with Gasteiger partial charge in [0, 0.05) is 13.1 Å². The largest absolute Gasteiger partial charge is 0.496 e. The van der Waals surface area contributed by atoms with Gasteiger partial charge in [-0.25, -0.2) is 8.42 Å². The van der Waals surface area contributed by atoms with Crippen molar-refractivity contribution in [2.45, 2.75) is 24.2 Å². The van der Waals surface area contributed by atoms with Gasteiger partial charge in [0.25, 0.3) is 15.9 Å². The summed E-state index contributed by atoms with van der Waals surface area (Å²) in [6, 6.07) is 21.8. The Kier molecular flexibility index (Phi) is 6.19. The number of rotatable bonds is 7. The molecule has 0 saturated heterocycles. The van der Waals surface area contributed by atoms with Crippen LogP contribution in [0.3, 0.4) is 0 Å². The van der Waals surface area contributed by atoms with Crippen LogP contribution in [0.5, 0.6) is 5.75 Å². The van der Waals surface area contributed by atoms with Crippen LogP contribution >= 0.6 is 0 Å². The zero-order valence-corrected chi connectivity index (χ0v) is 18.9. The maximum Gasteiger partial charge on any atom is 0.264 e. The Hall–Kier alpha value is -3.32. The first-order valence-corrected chi connectivity index (χ1v) is 12.0. The molecule has 1 unspecified atom stereocenters. The summed E-state index contributed by atoms with van der Waals surface area (Å²) in [7, 11) is -2.35. The van der Waals surface area contributed by atoms with Gasteiger partial charge in [0.1, 0.15) is 5.75 Å². The molecule has 0 aliphatic carbocycles. The Balaban J connectivity index is 1.58. The summed E-state index contributed by atoms with van der Waals surface area (Å²) >= 11 is 0. The molecular formula is C25H26N2O4S. The van der Waals surface area contributed by atoms with Crippen LogP contribution in [-0.2, 0) is 16.4 Å². The molecule has 0 radical (unpaired) electrons. The highest BCUT2D eigenvalue weighted by Crippen LogP contribution is 2.34. The van der Waals surface area contributed by atoms with E-state index in [0.717, 1.165) is 11.1 Å². The summed E-state index contributed by atoms with van der Waals surface area (Å²) < 4.78 is 33.5. The number of methoxy groups -OCH3 is 1. The Morgan fingerprint density at radius 1 is 1.06 bits per heavy atom. The molecule has 1 aliphatic heterocycles. The third-order valence-corrected chi connectivity index (χ3v) is 7.59. The molecule has 7 heteroatoms. The van der Waals surface area contributed by atoms with Gasteiger partial charge in [0.15, 0.2) is 0 Å². The van der Waals surface area contributed by atoms with Crippen molar-refractivity contribution in [2.24, 2.45) is 0 Å². The van der Waals surface area contributed by atoms with Crippen LogP contribution in [0, 0.1) is 0 Å². The minimum absolute atomic E-state index is 0.0660. The van der Waals surface area contributed by atoms with Gasteiger partial charge in [-0.05, 0) is 47.7 Å². The molecular weight excluding hydrogens is 424 g/mol. The van der Waals surface area contributed by atoms with Gasteiger partial charge in [-0.2, -0.15) is 0 Å². The number of para-hydroxylation sites is 1. The normalized spacial score (nSPS) is 14.0. The smallest absolute Gasteiger partial charge is 0.264 e. The molecule has 1 amide bonds. The van der Waals surface area contributed by atoms with E-state index >= 15 is 0 Å². The molecule has 4 rings (SSSR count). The third kappa shape index (κ3) is 4.21. The van der Waals surface area contributed by atoms with Gasteiger partial charge in [-0.1, -0.05) is 55.5 Å². The van der Waals surface area contributed by atoms with Gasteiger partial charge in [-0.15, -0.1) is 0 Å². The number of carbonyl (C=O) groups is 1. The molecule has 0 saturated carbocycles. The number of nitrogens with zero attached hydrogens (tertiary/aromatic N) is 1. The first kappa shape index (κ1) is 21.9. The van der Waals surface area contributed by atoms with E-state index in [4.69, 9.17) is 4.74 Å². The molecule has 1 aliphatic rings. The number of amides is 1. The van der Waals surface area contributed by atoms with Crippen LogP contribution in [-0.4, -0.2) is 34.5 Å². The van der Waals surface area contributed by atoms with Crippen LogP contribution < -0.4 is 14.4 Å². The molecule has 1 atom stereocenters. The molecule has 166 valence electrons. The lowest BCUT2D eigenvalue weighted by Crippen LogP contribution is -2.30. The molecule has 0 bridgehead atoms. The quantitative estimate of drug-likeness (QED) is 0.591. The first-order chi connectivity index (χ1) is 15.4. The summed E-state index contributed by atoms with van der Waals surface area (Å²) in [6.07, 6.45) is 0.663. The van der Waals surface area contributed by atoms with Crippen molar-refractivity contribution < 1.29 is 17.9 Å². The Labute approximate surface area is 188 Å². The molecule has 3 aromatic carbocycles.